The first kappa shape index (κ1) is 13.9. The molecular weight excluding hydrogens is 290 g/mol. The Hall–Kier alpha value is -2.75. The Bertz CT molecular complexity index is 854. The Morgan fingerprint density at radius 1 is 0.783 bits per heavy atom. The minimum Gasteiger partial charge on any atom is -0.519 e. The summed E-state index contributed by atoms with van der Waals surface area (Å²) in [7, 11) is -0.737. The molecule has 3 aromatic carbocycles. The average Bonchev–Trinajstić information content (AvgIpc) is 2.98. The molecule has 0 saturated carbocycles. The minimum atomic E-state index is -0.737. The summed E-state index contributed by atoms with van der Waals surface area (Å²) in [5.74, 6) is 0.945. The van der Waals surface area contributed by atoms with E-state index in [1.54, 1.807) is 6.07 Å². The van der Waals surface area contributed by atoms with Crippen LogP contribution >= 0.6 is 0 Å². The van der Waals surface area contributed by atoms with Crippen LogP contribution in [0.5, 0.6) is 11.5 Å². The van der Waals surface area contributed by atoms with Crippen molar-refractivity contribution in [1.29, 1.82) is 0 Å². The van der Waals surface area contributed by atoms with Crippen LogP contribution in [0, 0.1) is 12.7 Å². The maximum absolute atomic E-state index is 14.6. The fraction of sp³-hybridized carbons (Fsp3) is 0.0526. The van der Waals surface area contributed by atoms with E-state index in [9.17, 15) is 4.39 Å². The van der Waals surface area contributed by atoms with Gasteiger partial charge in [-0.05, 0) is 36.2 Å². The van der Waals surface area contributed by atoms with Gasteiger partial charge in [0.25, 0.3) is 0 Å². The summed E-state index contributed by atoms with van der Waals surface area (Å²) in [5, 5.41) is 0. The molecule has 0 saturated heterocycles. The van der Waals surface area contributed by atoms with Crippen molar-refractivity contribution < 1.29 is 13.7 Å². The molecular formula is C19H14BFO2. The molecule has 0 aliphatic carbocycles. The molecule has 1 aliphatic rings. The van der Waals surface area contributed by atoms with Gasteiger partial charge in [0.1, 0.15) is 17.3 Å². The lowest BCUT2D eigenvalue weighted by Gasteiger charge is -2.09. The number of para-hydroxylation sites is 2. The van der Waals surface area contributed by atoms with Gasteiger partial charge in [0.2, 0.25) is 0 Å². The summed E-state index contributed by atoms with van der Waals surface area (Å²) < 4.78 is 25.9. The number of benzene rings is 3. The molecule has 4 heteroatoms. The predicted octanol–water partition coefficient (Wildman–Crippen LogP) is 3.97. The number of hydrogen-bond donors (Lipinski definition) is 0. The lowest BCUT2D eigenvalue weighted by Crippen LogP contribution is -2.41. The largest absolute Gasteiger partial charge is 0.635 e. The summed E-state index contributed by atoms with van der Waals surface area (Å²) in [5.41, 5.74) is 3.37. The molecule has 0 amide bonds. The third-order valence-electron chi connectivity index (χ3n) is 3.92. The van der Waals surface area contributed by atoms with Crippen LogP contribution in [0.15, 0.2) is 66.7 Å². The topological polar surface area (TPSA) is 18.5 Å². The Kier molecular flexibility index (Phi) is 3.30. The van der Waals surface area contributed by atoms with Crippen molar-refractivity contribution in [2.45, 2.75) is 6.92 Å². The molecule has 23 heavy (non-hydrogen) atoms. The zero-order valence-electron chi connectivity index (χ0n) is 12.6. The van der Waals surface area contributed by atoms with Gasteiger partial charge in [0.05, 0.1) is 0 Å². The van der Waals surface area contributed by atoms with Crippen LogP contribution in [0.3, 0.4) is 0 Å². The smallest absolute Gasteiger partial charge is 0.519 e. The molecule has 3 aromatic rings. The van der Waals surface area contributed by atoms with Gasteiger partial charge in [-0.3, -0.25) is 0 Å². The van der Waals surface area contributed by atoms with E-state index in [-0.39, 0.29) is 5.82 Å². The fourth-order valence-corrected chi connectivity index (χ4v) is 2.75. The highest BCUT2D eigenvalue weighted by atomic mass is 19.1. The second-order valence-electron chi connectivity index (χ2n) is 5.62. The quantitative estimate of drug-likeness (QED) is 0.667. The molecule has 0 fully saturated rings. The lowest BCUT2D eigenvalue weighted by molar-refractivity contribution is 0.513. The zero-order valence-corrected chi connectivity index (χ0v) is 12.6. The third kappa shape index (κ3) is 2.57. The highest BCUT2D eigenvalue weighted by Crippen LogP contribution is 2.32. The van der Waals surface area contributed by atoms with Crippen LogP contribution in [0.2, 0.25) is 0 Å². The zero-order chi connectivity index (χ0) is 15.8. The van der Waals surface area contributed by atoms with E-state index in [1.165, 1.54) is 6.07 Å². The van der Waals surface area contributed by atoms with E-state index in [0.29, 0.717) is 17.0 Å². The van der Waals surface area contributed by atoms with E-state index in [1.807, 2.05) is 61.5 Å². The van der Waals surface area contributed by atoms with E-state index < -0.39 is 7.12 Å². The van der Waals surface area contributed by atoms with Gasteiger partial charge in [0, 0.05) is 5.46 Å². The maximum atomic E-state index is 14.6. The van der Waals surface area contributed by atoms with E-state index >= 15 is 0 Å². The summed E-state index contributed by atoms with van der Waals surface area (Å²) in [6.07, 6.45) is 0. The number of rotatable bonds is 2. The van der Waals surface area contributed by atoms with E-state index in [4.69, 9.17) is 9.31 Å². The Morgan fingerprint density at radius 3 is 2.13 bits per heavy atom. The Labute approximate surface area is 134 Å². The van der Waals surface area contributed by atoms with Crippen LogP contribution in [0.25, 0.3) is 11.1 Å². The Morgan fingerprint density at radius 2 is 1.48 bits per heavy atom. The van der Waals surface area contributed by atoms with E-state index in [0.717, 1.165) is 16.7 Å². The Balaban J connectivity index is 1.65. The number of aryl methyl sites for hydroxylation is 1. The van der Waals surface area contributed by atoms with Gasteiger partial charge in [-0.1, -0.05) is 54.1 Å². The number of fused-ring (bicyclic) bond motifs is 1. The monoisotopic (exact) mass is 304 g/mol. The van der Waals surface area contributed by atoms with E-state index in [2.05, 4.69) is 0 Å². The van der Waals surface area contributed by atoms with Crippen LogP contribution in [0.1, 0.15) is 5.56 Å². The van der Waals surface area contributed by atoms with Crippen molar-refractivity contribution in [3.05, 3.63) is 78.1 Å². The first-order chi connectivity index (χ1) is 11.2. The second kappa shape index (κ2) is 5.47. The predicted molar refractivity (Wildman–Crippen MR) is 89.7 cm³/mol. The van der Waals surface area contributed by atoms with Gasteiger partial charge < -0.3 is 9.31 Å². The van der Waals surface area contributed by atoms with Gasteiger partial charge in [0.15, 0.2) is 0 Å². The fourth-order valence-electron chi connectivity index (χ4n) is 2.75. The molecule has 0 atom stereocenters. The summed E-state index contributed by atoms with van der Waals surface area (Å²) in [6.45, 7) is 2.02. The normalized spacial score (nSPS) is 12.5. The first-order valence-electron chi connectivity index (χ1n) is 7.49. The van der Waals surface area contributed by atoms with Crippen LogP contribution in [-0.2, 0) is 0 Å². The molecule has 1 heterocycles. The molecule has 0 aromatic heterocycles. The summed E-state index contributed by atoms with van der Waals surface area (Å²) >= 11 is 0. The number of hydrogen-bond acceptors (Lipinski definition) is 2. The molecule has 4 rings (SSSR count). The molecule has 0 bridgehead atoms. The molecule has 2 nitrogen and oxygen atoms in total. The highest BCUT2D eigenvalue weighted by Gasteiger charge is 2.36. The first-order valence-corrected chi connectivity index (χ1v) is 7.49. The summed E-state index contributed by atoms with van der Waals surface area (Å²) in [4.78, 5) is 0. The van der Waals surface area contributed by atoms with Crippen molar-refractivity contribution in [1.82, 2.24) is 0 Å². The van der Waals surface area contributed by atoms with Crippen molar-refractivity contribution in [2.24, 2.45) is 0 Å². The van der Waals surface area contributed by atoms with Crippen LogP contribution < -0.4 is 14.8 Å². The summed E-state index contributed by atoms with van der Waals surface area (Å²) in [6, 6.07) is 20.5. The molecule has 1 aliphatic heterocycles. The third-order valence-corrected chi connectivity index (χ3v) is 3.92. The molecule has 0 unspecified atom stereocenters. The minimum absolute atomic E-state index is 0.332. The standard InChI is InChI=1S/C19H14BFO2/c1-13-5-4-6-14(11-13)15-9-10-16(17(21)12-15)20-22-18-7-2-3-8-19(18)23-20/h2-12H,1H3. The van der Waals surface area contributed by atoms with Gasteiger partial charge >= 0.3 is 7.12 Å². The van der Waals surface area contributed by atoms with Crippen molar-refractivity contribution in [2.75, 3.05) is 0 Å². The maximum Gasteiger partial charge on any atom is 0.635 e. The van der Waals surface area contributed by atoms with Crippen molar-refractivity contribution >= 4 is 12.6 Å². The second-order valence-corrected chi connectivity index (χ2v) is 5.62. The SMILES string of the molecule is Cc1cccc(-c2ccc(B3Oc4ccccc4O3)c(F)c2)c1. The van der Waals surface area contributed by atoms with Crippen LogP contribution in [-0.4, -0.2) is 7.12 Å². The van der Waals surface area contributed by atoms with Crippen molar-refractivity contribution in [3.63, 3.8) is 0 Å². The molecule has 112 valence electrons. The highest BCUT2D eigenvalue weighted by molar-refractivity contribution is 6.63. The van der Waals surface area contributed by atoms with Crippen molar-refractivity contribution in [3.8, 4) is 22.6 Å². The molecule has 0 radical (unpaired) electrons. The van der Waals surface area contributed by atoms with Gasteiger partial charge in [-0.15, -0.1) is 0 Å². The molecule has 0 N–H and O–H groups in total. The average molecular weight is 304 g/mol. The molecule has 0 spiro atoms. The number of halogens is 1. The van der Waals surface area contributed by atoms with Gasteiger partial charge in [-0.2, -0.15) is 0 Å². The lowest BCUT2D eigenvalue weighted by atomic mass is 9.78. The van der Waals surface area contributed by atoms with Crippen LogP contribution in [0.4, 0.5) is 4.39 Å². The van der Waals surface area contributed by atoms with Gasteiger partial charge in [-0.25, -0.2) is 4.39 Å².